The van der Waals surface area contributed by atoms with Crippen LogP contribution >= 0.6 is 0 Å². The van der Waals surface area contributed by atoms with Crippen LogP contribution in [0.15, 0.2) is 53.7 Å². The summed E-state index contributed by atoms with van der Waals surface area (Å²) < 4.78 is 5.13. The summed E-state index contributed by atoms with van der Waals surface area (Å²) in [4.78, 5) is 31.4. The second-order valence-corrected chi connectivity index (χ2v) is 5.43. The Hall–Kier alpha value is -3.35. The Balaban J connectivity index is 1.65. The predicted octanol–water partition coefficient (Wildman–Crippen LogP) is 2.30. The third-order valence-corrected chi connectivity index (χ3v) is 3.78. The Bertz CT molecular complexity index is 938. The first-order valence-corrected chi connectivity index (χ1v) is 7.80. The molecule has 3 rings (SSSR count). The molecule has 2 aromatic heterocycles. The van der Waals surface area contributed by atoms with Gasteiger partial charge in [-0.2, -0.15) is 0 Å². The smallest absolute Gasteiger partial charge is 0.319 e. The number of aromatic amines is 1. The number of nitrogens with one attached hydrogen (secondary N) is 3. The minimum absolute atomic E-state index is 0.194. The third-order valence-electron chi connectivity index (χ3n) is 3.78. The van der Waals surface area contributed by atoms with Crippen LogP contribution in [0.1, 0.15) is 5.56 Å². The van der Waals surface area contributed by atoms with Gasteiger partial charge in [-0.25, -0.2) is 4.79 Å². The van der Waals surface area contributed by atoms with Gasteiger partial charge in [0, 0.05) is 36.6 Å². The highest BCUT2D eigenvalue weighted by Crippen LogP contribution is 2.17. The number of hydrogen-bond acceptors (Lipinski definition) is 4. The SMILES string of the molecule is COc1ccc2c(=O)c(NC(=O)NCCc3ccncc3)c[nH]c2c1. The monoisotopic (exact) mass is 338 g/mol. The third kappa shape index (κ3) is 3.95. The van der Waals surface area contributed by atoms with Gasteiger partial charge in [0.25, 0.3) is 0 Å². The van der Waals surface area contributed by atoms with Gasteiger partial charge in [-0.05, 0) is 36.2 Å². The maximum Gasteiger partial charge on any atom is 0.319 e. The summed E-state index contributed by atoms with van der Waals surface area (Å²) in [5.41, 5.74) is 1.67. The van der Waals surface area contributed by atoms with Crippen molar-refractivity contribution in [1.29, 1.82) is 0 Å². The van der Waals surface area contributed by atoms with Gasteiger partial charge >= 0.3 is 6.03 Å². The van der Waals surface area contributed by atoms with Gasteiger partial charge in [-0.1, -0.05) is 0 Å². The van der Waals surface area contributed by atoms with Crippen molar-refractivity contribution in [3.8, 4) is 5.75 Å². The number of carbonyl (C=O) groups is 1. The molecule has 7 heteroatoms. The highest BCUT2D eigenvalue weighted by atomic mass is 16.5. The number of methoxy groups -OCH3 is 1. The van der Waals surface area contributed by atoms with E-state index in [1.165, 1.54) is 6.20 Å². The number of rotatable bonds is 5. The molecular formula is C18H18N4O3. The zero-order valence-electron chi connectivity index (χ0n) is 13.7. The number of anilines is 1. The maximum atomic E-state index is 12.4. The van der Waals surface area contributed by atoms with Crippen LogP contribution in [-0.2, 0) is 6.42 Å². The highest BCUT2D eigenvalue weighted by molar-refractivity contribution is 5.92. The lowest BCUT2D eigenvalue weighted by Gasteiger charge is -2.08. The maximum absolute atomic E-state index is 12.4. The molecule has 25 heavy (non-hydrogen) atoms. The number of ether oxygens (including phenoxy) is 1. The van der Waals surface area contributed by atoms with E-state index >= 15 is 0 Å². The zero-order valence-corrected chi connectivity index (χ0v) is 13.7. The molecule has 0 unspecified atom stereocenters. The molecule has 3 N–H and O–H groups in total. The number of benzene rings is 1. The van der Waals surface area contributed by atoms with Crippen molar-refractivity contribution in [1.82, 2.24) is 15.3 Å². The second-order valence-electron chi connectivity index (χ2n) is 5.43. The zero-order chi connectivity index (χ0) is 17.6. The van der Waals surface area contributed by atoms with Crippen molar-refractivity contribution in [2.45, 2.75) is 6.42 Å². The average molecular weight is 338 g/mol. The van der Waals surface area contributed by atoms with Gasteiger partial charge in [0.05, 0.1) is 12.6 Å². The molecule has 0 radical (unpaired) electrons. The summed E-state index contributed by atoms with van der Waals surface area (Å²) in [5.74, 6) is 0.651. The number of nitrogens with zero attached hydrogens (tertiary/aromatic N) is 1. The van der Waals surface area contributed by atoms with Gasteiger partial charge in [0.1, 0.15) is 11.4 Å². The van der Waals surface area contributed by atoms with E-state index < -0.39 is 6.03 Å². The van der Waals surface area contributed by atoms with E-state index in [2.05, 4.69) is 20.6 Å². The van der Waals surface area contributed by atoms with Gasteiger partial charge < -0.3 is 20.4 Å². The van der Waals surface area contributed by atoms with Crippen LogP contribution in [0, 0.1) is 0 Å². The van der Waals surface area contributed by atoms with Crippen LogP contribution < -0.4 is 20.8 Å². The molecule has 0 spiro atoms. The van der Waals surface area contributed by atoms with Crippen LogP contribution in [0.25, 0.3) is 10.9 Å². The number of carbonyl (C=O) groups excluding carboxylic acids is 1. The van der Waals surface area contributed by atoms with E-state index in [-0.39, 0.29) is 11.1 Å². The Morgan fingerprint density at radius 3 is 2.80 bits per heavy atom. The average Bonchev–Trinajstić information content (AvgIpc) is 2.64. The summed E-state index contributed by atoms with van der Waals surface area (Å²) in [6, 6.07) is 8.46. The highest BCUT2D eigenvalue weighted by Gasteiger charge is 2.09. The fourth-order valence-corrected chi connectivity index (χ4v) is 2.46. The largest absolute Gasteiger partial charge is 0.497 e. The van der Waals surface area contributed by atoms with Crippen molar-refractivity contribution >= 4 is 22.6 Å². The number of hydrogen-bond donors (Lipinski definition) is 3. The lowest BCUT2D eigenvalue weighted by molar-refractivity contribution is 0.252. The van der Waals surface area contributed by atoms with E-state index in [9.17, 15) is 9.59 Å². The lowest BCUT2D eigenvalue weighted by atomic mass is 10.2. The molecule has 3 aromatic rings. The molecule has 0 aliphatic carbocycles. The van der Waals surface area contributed by atoms with Crippen LogP contribution in [0.2, 0.25) is 0 Å². The quantitative estimate of drug-likeness (QED) is 0.665. The Morgan fingerprint density at radius 1 is 1.24 bits per heavy atom. The van der Waals surface area contributed by atoms with E-state index in [4.69, 9.17) is 4.74 Å². The first kappa shape index (κ1) is 16.5. The van der Waals surface area contributed by atoms with Crippen molar-refractivity contribution < 1.29 is 9.53 Å². The lowest BCUT2D eigenvalue weighted by Crippen LogP contribution is -2.32. The van der Waals surface area contributed by atoms with Crippen molar-refractivity contribution in [2.75, 3.05) is 19.0 Å². The first-order chi connectivity index (χ1) is 12.2. The molecule has 2 heterocycles. The standard InChI is InChI=1S/C18H18N4O3/c1-25-13-2-3-14-15(10-13)21-11-16(17(14)23)22-18(24)20-9-6-12-4-7-19-8-5-12/h2-5,7-8,10-11H,6,9H2,1H3,(H,21,23)(H2,20,22,24). The summed E-state index contributed by atoms with van der Waals surface area (Å²) in [6.07, 6.45) is 5.58. The number of fused-ring (bicyclic) bond motifs is 1. The number of pyridine rings is 2. The number of amides is 2. The predicted molar refractivity (Wildman–Crippen MR) is 96.1 cm³/mol. The van der Waals surface area contributed by atoms with Gasteiger partial charge in [-0.15, -0.1) is 0 Å². The molecule has 128 valence electrons. The van der Waals surface area contributed by atoms with Gasteiger partial charge in [-0.3, -0.25) is 9.78 Å². The molecule has 0 aliphatic rings. The van der Waals surface area contributed by atoms with Crippen LogP contribution in [0.3, 0.4) is 0 Å². The van der Waals surface area contributed by atoms with Gasteiger partial charge in [0.2, 0.25) is 5.43 Å². The summed E-state index contributed by atoms with van der Waals surface area (Å²) in [5, 5.41) is 5.79. The van der Waals surface area contributed by atoms with Crippen molar-refractivity contribution in [3.63, 3.8) is 0 Å². The van der Waals surface area contributed by atoms with E-state index in [1.807, 2.05) is 12.1 Å². The Kier molecular flexibility index (Phi) is 4.94. The molecular weight excluding hydrogens is 320 g/mol. The normalized spacial score (nSPS) is 10.4. The molecule has 7 nitrogen and oxygen atoms in total. The minimum Gasteiger partial charge on any atom is -0.497 e. The van der Waals surface area contributed by atoms with Crippen molar-refractivity contribution in [3.05, 3.63) is 64.7 Å². The Labute approximate surface area is 144 Å². The Morgan fingerprint density at radius 2 is 2.04 bits per heavy atom. The molecule has 0 saturated heterocycles. The van der Waals surface area contributed by atoms with Crippen molar-refractivity contribution in [2.24, 2.45) is 0 Å². The van der Waals surface area contributed by atoms with E-state index in [1.54, 1.807) is 37.7 Å². The van der Waals surface area contributed by atoms with Crippen LogP contribution in [0.5, 0.6) is 5.75 Å². The van der Waals surface area contributed by atoms with E-state index in [0.717, 1.165) is 5.56 Å². The topological polar surface area (TPSA) is 96.1 Å². The minimum atomic E-state index is -0.424. The first-order valence-electron chi connectivity index (χ1n) is 7.80. The summed E-state index contributed by atoms with van der Waals surface area (Å²) in [7, 11) is 1.56. The van der Waals surface area contributed by atoms with Crippen LogP contribution in [0.4, 0.5) is 10.5 Å². The van der Waals surface area contributed by atoms with Crippen LogP contribution in [-0.4, -0.2) is 29.7 Å². The molecule has 1 aromatic carbocycles. The molecule has 0 bridgehead atoms. The molecule has 0 fully saturated rings. The number of urea groups is 1. The second kappa shape index (κ2) is 7.48. The molecule has 2 amide bonds. The van der Waals surface area contributed by atoms with Gasteiger partial charge in [0.15, 0.2) is 0 Å². The fourth-order valence-electron chi connectivity index (χ4n) is 2.46. The van der Waals surface area contributed by atoms with E-state index in [0.29, 0.717) is 29.6 Å². The molecule has 0 atom stereocenters. The molecule has 0 saturated carbocycles. The number of H-pyrrole nitrogens is 1. The number of aromatic nitrogens is 2. The fraction of sp³-hybridized carbons (Fsp3) is 0.167. The summed E-state index contributed by atoms with van der Waals surface area (Å²) in [6.45, 7) is 0.457. The molecule has 0 aliphatic heterocycles. The summed E-state index contributed by atoms with van der Waals surface area (Å²) >= 11 is 0.